The number of ether oxygens (including phenoxy) is 2. The Kier molecular flexibility index (Phi) is 11.1. The second-order valence-corrected chi connectivity index (χ2v) is 15.9. The quantitative estimate of drug-likeness (QED) is 0.124. The fourth-order valence-corrected chi connectivity index (χ4v) is 9.37. The summed E-state index contributed by atoms with van der Waals surface area (Å²) < 4.78 is 39.5. The van der Waals surface area contributed by atoms with Crippen molar-refractivity contribution in [3.63, 3.8) is 0 Å². The standard InChI is InChI=1S/C35H50N6O6S/c1-23(25-14-16-35(17-15-25,47-20-19-46-3)32(43)24(2)29-12-13-30(42)39-29)31(48(4,44)45)34(37)41-33(36)28(21-38-41)26-9-8-18-40(22-26)27-10-6-5-7-11-27/h5-11,21,23-26,29,31,37H,12-20,22,36H2,1-4H3,(H,39,42). The minimum absolute atomic E-state index is 0.0382. The van der Waals surface area contributed by atoms with Gasteiger partial charge in [-0.3, -0.25) is 15.0 Å². The van der Waals surface area contributed by atoms with Gasteiger partial charge in [-0.05, 0) is 56.1 Å². The number of carbonyl (C=O) groups excluding carboxylic acids is 2. The molecule has 12 nitrogen and oxygen atoms in total. The number of carbonyl (C=O) groups is 2. The molecule has 262 valence electrons. The summed E-state index contributed by atoms with van der Waals surface area (Å²) in [5, 5.41) is 15.4. The fourth-order valence-electron chi connectivity index (χ4n) is 7.86. The maximum Gasteiger partial charge on any atom is 0.220 e. The topological polar surface area (TPSA) is 170 Å². The Bertz CT molecular complexity index is 1600. The van der Waals surface area contributed by atoms with E-state index in [2.05, 4.69) is 39.6 Å². The van der Waals surface area contributed by atoms with Crippen LogP contribution in [-0.4, -0.2) is 92.3 Å². The zero-order valence-corrected chi connectivity index (χ0v) is 29.2. The van der Waals surface area contributed by atoms with Crippen molar-refractivity contribution in [2.45, 2.75) is 75.2 Å². The Balaban J connectivity index is 1.32. The number of methoxy groups -OCH3 is 1. The van der Waals surface area contributed by atoms with Crippen LogP contribution in [0.1, 0.15) is 63.9 Å². The summed E-state index contributed by atoms with van der Waals surface area (Å²) in [5.41, 5.74) is 7.42. The maximum atomic E-state index is 14.0. The Morgan fingerprint density at radius 2 is 1.88 bits per heavy atom. The highest BCUT2D eigenvalue weighted by Gasteiger charge is 2.49. The number of sulfone groups is 1. The number of para-hydroxylation sites is 1. The molecule has 0 bridgehead atoms. The molecule has 0 spiro atoms. The van der Waals surface area contributed by atoms with Crippen LogP contribution in [0.3, 0.4) is 0 Å². The zero-order valence-electron chi connectivity index (χ0n) is 28.4. The first-order chi connectivity index (χ1) is 22.9. The summed E-state index contributed by atoms with van der Waals surface area (Å²) >= 11 is 0. The third-order valence-corrected chi connectivity index (χ3v) is 12.2. The van der Waals surface area contributed by atoms with E-state index in [0.29, 0.717) is 51.7 Å². The largest absolute Gasteiger partial charge is 0.383 e. The van der Waals surface area contributed by atoms with E-state index in [4.69, 9.17) is 20.6 Å². The van der Waals surface area contributed by atoms with Crippen LogP contribution >= 0.6 is 0 Å². The minimum atomic E-state index is -3.75. The SMILES string of the molecule is COCCOC1(C(=O)C(C)C2CCC(=O)N2)CCC(C(C)C(C(=N)n2ncc(C3C=CCN(c4ccccc4)C3)c2N)S(C)(=O)=O)CC1. The van der Waals surface area contributed by atoms with Crippen molar-refractivity contribution in [3.05, 3.63) is 54.2 Å². The highest BCUT2D eigenvalue weighted by molar-refractivity contribution is 7.92. The molecule has 5 unspecified atom stereocenters. The van der Waals surface area contributed by atoms with Crippen LogP contribution in [-0.2, 0) is 28.9 Å². The van der Waals surface area contributed by atoms with Gasteiger partial charge in [0.1, 0.15) is 22.5 Å². The van der Waals surface area contributed by atoms with Gasteiger partial charge in [0.25, 0.3) is 0 Å². The minimum Gasteiger partial charge on any atom is -0.383 e. The number of benzene rings is 1. The van der Waals surface area contributed by atoms with E-state index in [1.807, 2.05) is 32.0 Å². The van der Waals surface area contributed by atoms with Crippen molar-refractivity contribution in [2.75, 3.05) is 50.3 Å². The lowest BCUT2D eigenvalue weighted by Gasteiger charge is -2.43. The lowest BCUT2D eigenvalue weighted by Crippen LogP contribution is -2.52. The van der Waals surface area contributed by atoms with Gasteiger partial charge in [0.2, 0.25) is 5.91 Å². The summed E-state index contributed by atoms with van der Waals surface area (Å²) in [5.74, 6) is -1.02. The van der Waals surface area contributed by atoms with E-state index in [0.717, 1.165) is 24.1 Å². The van der Waals surface area contributed by atoms with Crippen molar-refractivity contribution < 1.29 is 27.5 Å². The summed E-state index contributed by atoms with van der Waals surface area (Å²) in [7, 11) is -2.17. The number of anilines is 2. The molecule has 2 aliphatic heterocycles. The lowest BCUT2D eigenvalue weighted by atomic mass is 9.69. The lowest BCUT2D eigenvalue weighted by molar-refractivity contribution is -0.158. The summed E-state index contributed by atoms with van der Waals surface area (Å²) in [6.07, 6.45) is 9.92. The van der Waals surface area contributed by atoms with Gasteiger partial charge in [0, 0.05) is 62.0 Å². The molecule has 1 aromatic carbocycles. The maximum absolute atomic E-state index is 14.0. The second-order valence-electron chi connectivity index (χ2n) is 13.7. The number of nitrogen functional groups attached to an aromatic ring is 1. The molecule has 13 heteroatoms. The Morgan fingerprint density at radius 1 is 1.17 bits per heavy atom. The van der Waals surface area contributed by atoms with E-state index >= 15 is 0 Å². The summed E-state index contributed by atoms with van der Waals surface area (Å²) in [6, 6.07) is 9.87. The predicted octanol–water partition coefficient (Wildman–Crippen LogP) is 3.58. The van der Waals surface area contributed by atoms with Crippen LogP contribution in [0.4, 0.5) is 11.5 Å². The number of nitrogens with one attached hydrogen (secondary N) is 2. The molecule has 4 N–H and O–H groups in total. The first-order valence-corrected chi connectivity index (χ1v) is 18.9. The predicted molar refractivity (Wildman–Crippen MR) is 186 cm³/mol. The highest BCUT2D eigenvalue weighted by Crippen LogP contribution is 2.43. The van der Waals surface area contributed by atoms with Crippen molar-refractivity contribution in [2.24, 2.45) is 17.8 Å². The van der Waals surface area contributed by atoms with E-state index < -0.39 is 32.5 Å². The van der Waals surface area contributed by atoms with Gasteiger partial charge < -0.3 is 25.4 Å². The van der Waals surface area contributed by atoms with Crippen molar-refractivity contribution in [1.82, 2.24) is 15.1 Å². The Hall–Kier alpha value is -3.55. The number of hydrogen-bond acceptors (Lipinski definition) is 10. The number of aromatic nitrogens is 2. The molecule has 1 saturated heterocycles. The van der Waals surface area contributed by atoms with Gasteiger partial charge in [0.15, 0.2) is 15.6 Å². The summed E-state index contributed by atoms with van der Waals surface area (Å²) in [6.45, 7) is 5.75. The third-order valence-electron chi connectivity index (χ3n) is 10.6. The van der Waals surface area contributed by atoms with Crippen LogP contribution in [0.25, 0.3) is 0 Å². The molecule has 2 aromatic rings. The first kappa shape index (κ1) is 35.7. The Morgan fingerprint density at radius 3 is 2.50 bits per heavy atom. The molecule has 1 aliphatic carbocycles. The molecule has 2 fully saturated rings. The average molecular weight is 683 g/mol. The summed E-state index contributed by atoms with van der Waals surface area (Å²) in [4.78, 5) is 28.1. The molecule has 3 heterocycles. The normalized spacial score (nSPS) is 26.5. The number of amides is 1. The molecular formula is C35H50N6O6S. The number of nitrogens with zero attached hydrogens (tertiary/aromatic N) is 3. The molecule has 48 heavy (non-hydrogen) atoms. The van der Waals surface area contributed by atoms with E-state index in [1.54, 1.807) is 13.3 Å². The number of rotatable bonds is 13. The van der Waals surface area contributed by atoms with E-state index in [9.17, 15) is 18.0 Å². The van der Waals surface area contributed by atoms with E-state index in [-0.39, 0.29) is 47.8 Å². The van der Waals surface area contributed by atoms with E-state index in [1.165, 1.54) is 4.68 Å². The van der Waals surface area contributed by atoms with Crippen LogP contribution in [0, 0.1) is 23.2 Å². The molecule has 0 radical (unpaired) electrons. The molecule has 1 saturated carbocycles. The second kappa shape index (κ2) is 14.9. The number of nitrogens with two attached hydrogens (primary N) is 1. The van der Waals surface area contributed by atoms with Crippen molar-refractivity contribution in [1.29, 1.82) is 5.41 Å². The van der Waals surface area contributed by atoms with Crippen LogP contribution in [0.2, 0.25) is 0 Å². The molecule has 5 rings (SSSR count). The monoisotopic (exact) mass is 682 g/mol. The third kappa shape index (κ3) is 7.52. The van der Waals surface area contributed by atoms with Gasteiger partial charge in [-0.2, -0.15) is 5.10 Å². The van der Waals surface area contributed by atoms with Crippen LogP contribution in [0.5, 0.6) is 0 Å². The van der Waals surface area contributed by atoms with Crippen molar-refractivity contribution in [3.8, 4) is 0 Å². The molecule has 1 aromatic heterocycles. The van der Waals surface area contributed by atoms with Gasteiger partial charge in [-0.1, -0.05) is 44.2 Å². The number of ketones is 1. The smallest absolute Gasteiger partial charge is 0.220 e. The number of hydrogen-bond donors (Lipinski definition) is 3. The molecule has 5 atom stereocenters. The van der Waals surface area contributed by atoms with Gasteiger partial charge in [0.05, 0.1) is 19.4 Å². The molecular weight excluding hydrogens is 632 g/mol. The number of Topliss-reactive ketones (excluding diaryl/α,β-unsaturated/α-hetero) is 1. The average Bonchev–Trinajstić information content (AvgIpc) is 3.69. The molecule has 3 aliphatic rings. The van der Waals surface area contributed by atoms with Gasteiger partial charge >= 0.3 is 0 Å². The van der Waals surface area contributed by atoms with Gasteiger partial charge in [-0.15, -0.1) is 0 Å². The van der Waals surface area contributed by atoms with Gasteiger partial charge in [-0.25, -0.2) is 13.1 Å². The fraction of sp³-hybridized carbons (Fsp3) is 0.600. The highest BCUT2D eigenvalue weighted by atomic mass is 32.2. The molecule has 1 amide bonds. The Labute approximate surface area is 283 Å². The first-order valence-electron chi connectivity index (χ1n) is 16.9. The van der Waals surface area contributed by atoms with Crippen LogP contribution in [0.15, 0.2) is 48.7 Å². The van der Waals surface area contributed by atoms with Crippen molar-refractivity contribution >= 4 is 38.9 Å². The van der Waals surface area contributed by atoms with Crippen LogP contribution < -0.4 is 16.0 Å². The zero-order chi connectivity index (χ0) is 34.6.